The van der Waals surface area contributed by atoms with Gasteiger partial charge in [-0.25, -0.2) is 4.79 Å². The van der Waals surface area contributed by atoms with Crippen LogP contribution < -0.4 is 4.90 Å². The zero-order valence-electron chi connectivity index (χ0n) is 12.3. The van der Waals surface area contributed by atoms with Crippen LogP contribution in [0.5, 0.6) is 0 Å². The van der Waals surface area contributed by atoms with Crippen molar-refractivity contribution in [1.82, 2.24) is 0 Å². The minimum absolute atomic E-state index is 0.250. The van der Waals surface area contributed by atoms with Gasteiger partial charge < -0.3 is 4.74 Å². The fraction of sp³-hybridized carbons (Fsp3) is 0.400. The van der Waals surface area contributed by atoms with Gasteiger partial charge in [-0.2, -0.15) is 0 Å². The summed E-state index contributed by atoms with van der Waals surface area (Å²) in [6, 6.07) is 3.62. The third kappa shape index (κ3) is 2.93. The molecule has 1 amide bonds. The molecular formula is C15H16ClNO4. The fourth-order valence-electron chi connectivity index (χ4n) is 2.11. The molecule has 0 saturated heterocycles. The van der Waals surface area contributed by atoms with E-state index in [0.717, 1.165) is 4.90 Å². The molecule has 1 heterocycles. The van der Waals surface area contributed by atoms with Crippen molar-refractivity contribution >= 4 is 34.9 Å². The Labute approximate surface area is 127 Å². The minimum Gasteiger partial charge on any atom is -0.458 e. The predicted octanol–water partition coefficient (Wildman–Crippen LogP) is 2.60. The lowest BCUT2D eigenvalue weighted by molar-refractivity contribution is -0.156. The number of rotatable bonds is 2. The maximum Gasteiger partial charge on any atom is 0.329 e. The van der Waals surface area contributed by atoms with Crippen LogP contribution in [0.4, 0.5) is 5.69 Å². The van der Waals surface area contributed by atoms with Crippen LogP contribution in [0.1, 0.15) is 38.1 Å². The van der Waals surface area contributed by atoms with Gasteiger partial charge in [0.05, 0.1) is 11.3 Å². The van der Waals surface area contributed by atoms with Crippen LogP contribution in [0.2, 0.25) is 5.02 Å². The molecule has 2 rings (SSSR count). The Morgan fingerprint density at radius 3 is 2.48 bits per heavy atom. The number of nitrogens with zero attached hydrogens (tertiary/aromatic N) is 1. The number of halogens is 1. The molecule has 0 aromatic heterocycles. The quantitative estimate of drug-likeness (QED) is 0.622. The van der Waals surface area contributed by atoms with Gasteiger partial charge in [-0.3, -0.25) is 14.5 Å². The Hall–Kier alpha value is -1.88. The molecule has 0 aliphatic carbocycles. The molecule has 5 nitrogen and oxygen atoms in total. The van der Waals surface area contributed by atoms with Crippen molar-refractivity contribution in [2.75, 3.05) is 4.90 Å². The number of hydrogen-bond acceptors (Lipinski definition) is 4. The average molecular weight is 310 g/mol. The first-order valence-corrected chi connectivity index (χ1v) is 6.90. The number of hydrogen-bond donors (Lipinski definition) is 0. The van der Waals surface area contributed by atoms with Crippen molar-refractivity contribution in [2.45, 2.75) is 39.3 Å². The van der Waals surface area contributed by atoms with E-state index in [9.17, 15) is 14.4 Å². The summed E-state index contributed by atoms with van der Waals surface area (Å²) >= 11 is 5.91. The van der Waals surface area contributed by atoms with Gasteiger partial charge in [-0.15, -0.1) is 0 Å². The Bertz CT molecular complexity index is 633. The molecule has 1 atom stereocenters. The first kappa shape index (κ1) is 15.5. The highest BCUT2D eigenvalue weighted by atomic mass is 35.5. The Balaban J connectivity index is 2.37. The van der Waals surface area contributed by atoms with E-state index in [1.165, 1.54) is 25.1 Å². The summed E-state index contributed by atoms with van der Waals surface area (Å²) in [5.41, 5.74) is -0.0781. The lowest BCUT2D eigenvalue weighted by Gasteiger charge is -2.27. The van der Waals surface area contributed by atoms with Crippen molar-refractivity contribution < 1.29 is 19.1 Å². The first-order valence-electron chi connectivity index (χ1n) is 6.52. The van der Waals surface area contributed by atoms with Crippen molar-refractivity contribution in [3.63, 3.8) is 0 Å². The second kappa shape index (κ2) is 5.15. The van der Waals surface area contributed by atoms with Crippen molar-refractivity contribution in [2.24, 2.45) is 0 Å². The van der Waals surface area contributed by atoms with E-state index >= 15 is 0 Å². The van der Waals surface area contributed by atoms with E-state index < -0.39 is 29.3 Å². The van der Waals surface area contributed by atoms with Crippen molar-refractivity contribution in [1.29, 1.82) is 0 Å². The lowest BCUT2D eigenvalue weighted by atomic mass is 10.1. The maximum absolute atomic E-state index is 12.1. The van der Waals surface area contributed by atoms with Crippen molar-refractivity contribution in [3.8, 4) is 0 Å². The van der Waals surface area contributed by atoms with Crippen LogP contribution >= 0.6 is 11.6 Å². The summed E-state index contributed by atoms with van der Waals surface area (Å²) in [4.78, 5) is 37.3. The third-order valence-corrected chi connectivity index (χ3v) is 3.25. The summed E-state index contributed by atoms with van der Waals surface area (Å²) in [7, 11) is 0. The van der Waals surface area contributed by atoms with Crippen LogP contribution in [0.25, 0.3) is 0 Å². The molecule has 0 fully saturated rings. The third-order valence-electron chi connectivity index (χ3n) is 3.01. The van der Waals surface area contributed by atoms with Gasteiger partial charge in [0.1, 0.15) is 11.6 Å². The zero-order valence-corrected chi connectivity index (χ0v) is 13.0. The van der Waals surface area contributed by atoms with Crippen LogP contribution in [0.3, 0.4) is 0 Å². The highest BCUT2D eigenvalue weighted by molar-refractivity contribution is 6.53. The molecule has 1 unspecified atom stereocenters. The second-order valence-electron chi connectivity index (χ2n) is 5.88. The summed E-state index contributed by atoms with van der Waals surface area (Å²) in [5, 5.41) is 0.387. The molecule has 0 N–H and O–H groups in total. The molecular weight excluding hydrogens is 294 g/mol. The number of Topliss-reactive ketones (excluding diaryl/α,β-unsaturated/α-hetero) is 1. The summed E-state index contributed by atoms with van der Waals surface area (Å²) in [5.74, 6) is -1.96. The van der Waals surface area contributed by atoms with Crippen LogP contribution in [0.15, 0.2) is 18.2 Å². The molecule has 1 aromatic rings. The standard InChI is InChI=1S/C15H16ClNO4/c1-8(14(20)21-15(2,3)4)17-11-7-9(16)5-6-10(11)12(18)13(17)19/h5-8H,1-4H3. The second-order valence-corrected chi connectivity index (χ2v) is 6.31. The van der Waals surface area contributed by atoms with Gasteiger partial charge in [0.15, 0.2) is 0 Å². The van der Waals surface area contributed by atoms with E-state index in [0.29, 0.717) is 10.7 Å². The summed E-state index contributed by atoms with van der Waals surface area (Å²) in [6.45, 7) is 6.73. The molecule has 0 spiro atoms. The van der Waals surface area contributed by atoms with E-state index in [-0.39, 0.29) is 5.56 Å². The predicted molar refractivity (Wildman–Crippen MR) is 78.6 cm³/mol. The Morgan fingerprint density at radius 1 is 1.29 bits per heavy atom. The van der Waals surface area contributed by atoms with Gasteiger partial charge in [0.2, 0.25) is 0 Å². The SMILES string of the molecule is CC(C(=O)OC(C)(C)C)N1C(=O)C(=O)c2ccc(Cl)cc21. The van der Waals surface area contributed by atoms with Crippen LogP contribution in [0, 0.1) is 0 Å². The van der Waals surface area contributed by atoms with Crippen LogP contribution in [-0.2, 0) is 14.3 Å². The topological polar surface area (TPSA) is 63.7 Å². The molecule has 1 aliphatic heterocycles. The number of anilines is 1. The highest BCUT2D eigenvalue weighted by Crippen LogP contribution is 2.33. The molecule has 1 aromatic carbocycles. The zero-order chi connectivity index (χ0) is 15.9. The van der Waals surface area contributed by atoms with Gasteiger partial charge in [0.25, 0.3) is 11.7 Å². The number of benzene rings is 1. The van der Waals surface area contributed by atoms with E-state index in [1.54, 1.807) is 20.8 Å². The lowest BCUT2D eigenvalue weighted by Crippen LogP contribution is -2.45. The van der Waals surface area contributed by atoms with E-state index in [2.05, 4.69) is 0 Å². The largest absolute Gasteiger partial charge is 0.458 e. The molecule has 0 saturated carbocycles. The summed E-state index contributed by atoms with van der Waals surface area (Å²) < 4.78 is 5.26. The van der Waals surface area contributed by atoms with Gasteiger partial charge in [-0.05, 0) is 45.9 Å². The highest BCUT2D eigenvalue weighted by Gasteiger charge is 2.41. The molecule has 0 bridgehead atoms. The van der Waals surface area contributed by atoms with E-state index in [4.69, 9.17) is 16.3 Å². The number of ketones is 1. The van der Waals surface area contributed by atoms with Gasteiger partial charge in [-0.1, -0.05) is 11.6 Å². The fourth-order valence-corrected chi connectivity index (χ4v) is 2.27. The number of amides is 1. The molecule has 0 radical (unpaired) electrons. The molecule has 21 heavy (non-hydrogen) atoms. The normalized spacial score (nSPS) is 16.0. The number of ether oxygens (including phenoxy) is 1. The van der Waals surface area contributed by atoms with Gasteiger partial charge >= 0.3 is 5.97 Å². The number of carbonyl (C=O) groups is 3. The van der Waals surface area contributed by atoms with Gasteiger partial charge in [0, 0.05) is 5.02 Å². The number of esters is 1. The maximum atomic E-state index is 12.1. The van der Waals surface area contributed by atoms with E-state index in [1.807, 2.05) is 0 Å². The van der Waals surface area contributed by atoms with Crippen LogP contribution in [-0.4, -0.2) is 29.3 Å². The monoisotopic (exact) mass is 309 g/mol. The first-order chi connectivity index (χ1) is 9.61. The van der Waals surface area contributed by atoms with Crippen molar-refractivity contribution in [3.05, 3.63) is 28.8 Å². The molecule has 6 heteroatoms. The Morgan fingerprint density at radius 2 is 1.90 bits per heavy atom. The number of fused-ring (bicyclic) bond motifs is 1. The smallest absolute Gasteiger partial charge is 0.329 e. The molecule has 112 valence electrons. The Kier molecular flexibility index (Phi) is 3.80. The minimum atomic E-state index is -0.902. The summed E-state index contributed by atoms with van der Waals surface area (Å²) in [6.07, 6.45) is 0. The number of carbonyl (C=O) groups excluding carboxylic acids is 3. The molecule has 1 aliphatic rings. The average Bonchev–Trinajstić information content (AvgIpc) is 2.58.